The van der Waals surface area contributed by atoms with Crippen LogP contribution in [0.4, 0.5) is 0 Å². The van der Waals surface area contributed by atoms with Crippen LogP contribution in [-0.4, -0.2) is 186 Å². The van der Waals surface area contributed by atoms with Crippen LogP contribution in [0.15, 0.2) is 11.6 Å². The molecule has 0 spiro atoms. The Labute approximate surface area is 385 Å². The van der Waals surface area contributed by atoms with Gasteiger partial charge in [0.15, 0.2) is 31.5 Å². The standard InChI is InChI=1S/C47H76O19/c1-21(2)16-22-17-47(59,41(58)61-22)45(7)15-14-44(6)26(45)8-9-27-43(44,5)12-10-25-42(3,4)28(11-13-46(25,27)20-49)63-40-36(65-39-34(56)31(53)32(54)37(57)66-39)35(23(50)19-60-40)64-38-33(55)30(52)29(51)24(18-48)62-38/h16,20,22-41,48,50-59H,8-15,17-19H2,1-7H3/t22?,23-,24+,25?,26?,27?,28?,29+,30-,31+,32-,33+,34-,35-,36+,37?,38-,39-,40-,41+,43+,44+,45-,46+,47+/m0/s1. The number of ether oxygens (including phenoxy) is 7. The summed E-state index contributed by atoms with van der Waals surface area (Å²) < 4.78 is 42.1. The Hall–Kier alpha value is -1.31. The quantitative estimate of drug-likeness (QED) is 0.0746. The van der Waals surface area contributed by atoms with Gasteiger partial charge in [0.1, 0.15) is 72.9 Å². The predicted molar refractivity (Wildman–Crippen MR) is 227 cm³/mol. The second-order valence-electron chi connectivity index (χ2n) is 22.7. The molecule has 8 fully saturated rings. The molecule has 4 aliphatic heterocycles. The molecule has 19 heteroatoms. The van der Waals surface area contributed by atoms with E-state index in [4.69, 9.17) is 33.2 Å². The van der Waals surface area contributed by atoms with Crippen molar-refractivity contribution in [3.8, 4) is 0 Å². The molecule has 0 aromatic rings. The van der Waals surface area contributed by atoms with E-state index in [1.807, 2.05) is 19.9 Å². The minimum atomic E-state index is -2.00. The van der Waals surface area contributed by atoms with E-state index in [-0.39, 0.29) is 28.6 Å². The van der Waals surface area contributed by atoms with Crippen LogP contribution in [0.1, 0.15) is 106 Å². The lowest BCUT2D eigenvalue weighted by atomic mass is 9.34. The molecule has 6 unspecified atom stereocenters. The Kier molecular flexibility index (Phi) is 14.0. The first-order valence-corrected chi connectivity index (χ1v) is 24.0. The van der Waals surface area contributed by atoms with Gasteiger partial charge in [-0.3, -0.25) is 0 Å². The molecule has 25 atom stereocenters. The Morgan fingerprint density at radius 1 is 0.636 bits per heavy atom. The number of allylic oxidation sites excluding steroid dienone is 1. The molecule has 4 saturated carbocycles. The number of aldehydes is 1. The Morgan fingerprint density at radius 3 is 1.89 bits per heavy atom. The van der Waals surface area contributed by atoms with Crippen LogP contribution >= 0.6 is 0 Å². The summed E-state index contributed by atoms with van der Waals surface area (Å²) in [4.78, 5) is 14.0. The molecule has 0 radical (unpaired) electrons. The first-order valence-electron chi connectivity index (χ1n) is 24.0. The minimum absolute atomic E-state index is 0.00508. The number of carbonyl (C=O) groups excluding carboxylic acids is 1. The average molecular weight is 945 g/mol. The molecule has 66 heavy (non-hydrogen) atoms. The van der Waals surface area contributed by atoms with Crippen LogP contribution in [0.5, 0.6) is 0 Å². The van der Waals surface area contributed by atoms with Crippen LogP contribution in [0.3, 0.4) is 0 Å². The molecule has 8 rings (SSSR count). The van der Waals surface area contributed by atoms with Gasteiger partial charge in [-0.25, -0.2) is 0 Å². The average Bonchev–Trinajstić information content (AvgIpc) is 3.72. The van der Waals surface area contributed by atoms with Crippen molar-refractivity contribution >= 4 is 6.29 Å². The maximum absolute atomic E-state index is 14.0. The zero-order chi connectivity index (χ0) is 48.3. The summed E-state index contributed by atoms with van der Waals surface area (Å²) in [6, 6.07) is 0. The van der Waals surface area contributed by atoms with Crippen LogP contribution < -0.4 is 0 Å². The van der Waals surface area contributed by atoms with E-state index >= 15 is 0 Å². The van der Waals surface area contributed by atoms with Crippen molar-refractivity contribution in [2.75, 3.05) is 13.2 Å². The highest BCUT2D eigenvalue weighted by atomic mass is 16.8. The van der Waals surface area contributed by atoms with Gasteiger partial charge in [0.25, 0.3) is 0 Å². The SMILES string of the molecule is CC(C)=CC1C[C@](O)([C@@]2(C)CC[C@]3(C)C2CCC2[C@@]4(C=O)CCC(O[C@@H]5OC[C@H](O)[C@H](O[C@@H]6O[C@H](CO)[C@@H](O)[C@H](O)[C@H]6O)[C@H]5O[C@H]5OC(O)[C@@H](O)[C@@H](O)[C@@H]5O)C(C)(C)C4CC[C@]23C)[C@H](O)O1. The summed E-state index contributed by atoms with van der Waals surface area (Å²) in [6.45, 7) is 13.7. The van der Waals surface area contributed by atoms with Crippen molar-refractivity contribution < 1.29 is 94.1 Å². The molecule has 19 nitrogen and oxygen atoms in total. The lowest BCUT2D eigenvalue weighted by Crippen LogP contribution is -2.68. The molecule has 0 amide bonds. The monoisotopic (exact) mass is 944 g/mol. The van der Waals surface area contributed by atoms with Gasteiger partial charge in [-0.05, 0) is 99.2 Å². The third kappa shape index (κ3) is 7.73. The number of aliphatic hydroxyl groups is 11. The molecule has 0 bridgehead atoms. The van der Waals surface area contributed by atoms with Gasteiger partial charge in [0.05, 0.1) is 25.4 Å². The smallest absolute Gasteiger partial charge is 0.189 e. The molecule has 8 aliphatic rings. The van der Waals surface area contributed by atoms with E-state index in [0.29, 0.717) is 32.1 Å². The van der Waals surface area contributed by atoms with Gasteiger partial charge < -0.3 is 94.1 Å². The van der Waals surface area contributed by atoms with Crippen molar-refractivity contribution in [2.24, 2.45) is 44.8 Å². The molecule has 378 valence electrons. The van der Waals surface area contributed by atoms with Crippen LogP contribution in [-0.2, 0) is 38.0 Å². The Balaban J connectivity index is 1.05. The molecule has 11 N–H and O–H groups in total. The number of hydrogen-bond donors (Lipinski definition) is 11. The highest BCUT2D eigenvalue weighted by Gasteiger charge is 2.75. The normalized spacial score (nSPS) is 55.9. The molecular weight excluding hydrogens is 868 g/mol. The largest absolute Gasteiger partial charge is 0.394 e. The Morgan fingerprint density at radius 2 is 1.24 bits per heavy atom. The second-order valence-corrected chi connectivity index (χ2v) is 22.7. The minimum Gasteiger partial charge on any atom is -0.394 e. The van der Waals surface area contributed by atoms with Crippen molar-refractivity contribution in [2.45, 2.75) is 217 Å². The summed E-state index contributed by atoms with van der Waals surface area (Å²) in [5, 5.41) is 119. The van der Waals surface area contributed by atoms with Gasteiger partial charge in [-0.1, -0.05) is 46.3 Å². The van der Waals surface area contributed by atoms with Crippen molar-refractivity contribution in [3.63, 3.8) is 0 Å². The maximum atomic E-state index is 14.0. The highest BCUT2D eigenvalue weighted by molar-refractivity contribution is 5.62. The van der Waals surface area contributed by atoms with E-state index in [1.54, 1.807) is 0 Å². The van der Waals surface area contributed by atoms with Gasteiger partial charge in [-0.2, -0.15) is 0 Å². The molecule has 0 aromatic heterocycles. The number of hydrogen-bond acceptors (Lipinski definition) is 19. The van der Waals surface area contributed by atoms with Gasteiger partial charge in [0, 0.05) is 17.3 Å². The molecular formula is C47H76O19. The fourth-order valence-corrected chi connectivity index (χ4v) is 15.1. The molecule has 4 heterocycles. The summed E-state index contributed by atoms with van der Waals surface area (Å²) in [7, 11) is 0. The first-order chi connectivity index (χ1) is 30.8. The summed E-state index contributed by atoms with van der Waals surface area (Å²) in [6.07, 6.45) is -17.7. The fourth-order valence-electron chi connectivity index (χ4n) is 15.1. The molecule has 0 aromatic carbocycles. The third-order valence-corrected chi connectivity index (χ3v) is 19.0. The van der Waals surface area contributed by atoms with E-state index in [0.717, 1.165) is 31.3 Å². The van der Waals surface area contributed by atoms with Crippen molar-refractivity contribution in [3.05, 3.63) is 11.6 Å². The van der Waals surface area contributed by atoms with E-state index in [2.05, 4.69) is 34.6 Å². The fraction of sp³-hybridized carbons (Fsp3) is 0.936. The van der Waals surface area contributed by atoms with E-state index in [9.17, 15) is 61.0 Å². The number of aliphatic hydroxyl groups excluding tert-OH is 10. The van der Waals surface area contributed by atoms with Gasteiger partial charge in [0.2, 0.25) is 0 Å². The first kappa shape index (κ1) is 51.1. The van der Waals surface area contributed by atoms with Crippen molar-refractivity contribution in [1.82, 2.24) is 0 Å². The van der Waals surface area contributed by atoms with Crippen molar-refractivity contribution in [1.29, 1.82) is 0 Å². The number of fused-ring (bicyclic) bond motifs is 5. The van der Waals surface area contributed by atoms with Gasteiger partial charge in [-0.15, -0.1) is 0 Å². The number of carbonyl (C=O) groups is 1. The maximum Gasteiger partial charge on any atom is 0.189 e. The number of rotatable bonds is 10. The topological polar surface area (TPSA) is 304 Å². The Bertz CT molecular complexity index is 1780. The third-order valence-electron chi connectivity index (χ3n) is 19.0. The molecule has 4 aliphatic carbocycles. The summed E-state index contributed by atoms with van der Waals surface area (Å²) in [5.41, 5.74) is -3.05. The van der Waals surface area contributed by atoms with Crippen LogP contribution in [0.2, 0.25) is 0 Å². The zero-order valence-corrected chi connectivity index (χ0v) is 39.2. The second kappa shape index (κ2) is 18.1. The van der Waals surface area contributed by atoms with Crippen LogP contribution in [0, 0.1) is 44.8 Å². The molecule has 4 saturated heterocycles. The van der Waals surface area contributed by atoms with Crippen LogP contribution in [0.25, 0.3) is 0 Å². The predicted octanol–water partition coefficient (Wildman–Crippen LogP) is -0.525. The van der Waals surface area contributed by atoms with E-state index in [1.165, 1.54) is 6.29 Å². The lowest BCUT2D eigenvalue weighted by Gasteiger charge is -2.70. The van der Waals surface area contributed by atoms with E-state index < -0.39 is 140 Å². The van der Waals surface area contributed by atoms with Gasteiger partial charge >= 0.3 is 0 Å². The summed E-state index contributed by atoms with van der Waals surface area (Å²) >= 11 is 0. The zero-order valence-electron chi connectivity index (χ0n) is 39.2. The summed E-state index contributed by atoms with van der Waals surface area (Å²) in [5.74, 6) is -0.121. The lowest BCUT2D eigenvalue weighted by molar-refractivity contribution is -0.399. The highest BCUT2D eigenvalue weighted by Crippen LogP contribution is 2.78.